The lowest BCUT2D eigenvalue weighted by atomic mass is 9.69. The van der Waals surface area contributed by atoms with Gasteiger partial charge >= 0.3 is 5.97 Å². The standard InChI is InChI=1S/C15H16ClNO4/c16-13-6-12(17(20)21)4-2-10(13)8-15(14(18)19)7-9-1-3-11(15)5-9/h2,4,6,9,11H,1,3,5,7-8H2,(H,18,19). The summed E-state index contributed by atoms with van der Waals surface area (Å²) in [5, 5.41) is 20.8. The van der Waals surface area contributed by atoms with Crippen LogP contribution in [0.25, 0.3) is 0 Å². The number of carboxylic acids is 1. The van der Waals surface area contributed by atoms with E-state index in [0.29, 0.717) is 24.3 Å². The second-order valence-corrected chi connectivity index (χ2v) is 6.66. The Morgan fingerprint density at radius 1 is 1.48 bits per heavy atom. The Bertz CT molecular complexity index is 618. The second-order valence-electron chi connectivity index (χ2n) is 6.25. The highest BCUT2D eigenvalue weighted by molar-refractivity contribution is 6.31. The first-order valence-electron chi connectivity index (χ1n) is 7.08. The van der Waals surface area contributed by atoms with E-state index in [4.69, 9.17) is 11.6 Å². The monoisotopic (exact) mass is 309 g/mol. The van der Waals surface area contributed by atoms with Crippen molar-refractivity contribution in [1.29, 1.82) is 0 Å². The first-order chi connectivity index (χ1) is 9.92. The molecule has 2 saturated carbocycles. The molecule has 1 aromatic rings. The average Bonchev–Trinajstić information content (AvgIpc) is 3.01. The number of non-ortho nitro benzene ring substituents is 1. The van der Waals surface area contributed by atoms with Crippen LogP contribution in [0.1, 0.15) is 31.2 Å². The van der Waals surface area contributed by atoms with Crippen LogP contribution in [0, 0.1) is 27.4 Å². The number of aliphatic carboxylic acids is 1. The van der Waals surface area contributed by atoms with E-state index in [2.05, 4.69) is 0 Å². The molecule has 0 spiro atoms. The maximum absolute atomic E-state index is 11.9. The van der Waals surface area contributed by atoms with Crippen molar-refractivity contribution in [3.05, 3.63) is 38.9 Å². The fraction of sp³-hybridized carbons (Fsp3) is 0.533. The van der Waals surface area contributed by atoms with Crippen LogP contribution in [-0.4, -0.2) is 16.0 Å². The number of hydrogen-bond acceptors (Lipinski definition) is 3. The normalized spacial score (nSPS) is 30.5. The van der Waals surface area contributed by atoms with Gasteiger partial charge in [0.1, 0.15) is 0 Å². The average molecular weight is 310 g/mol. The molecule has 6 heteroatoms. The molecule has 2 bridgehead atoms. The van der Waals surface area contributed by atoms with Crippen molar-refractivity contribution >= 4 is 23.3 Å². The molecule has 0 amide bonds. The van der Waals surface area contributed by atoms with Gasteiger partial charge in [-0.3, -0.25) is 14.9 Å². The molecule has 3 rings (SSSR count). The summed E-state index contributed by atoms with van der Waals surface area (Å²) in [6, 6.07) is 4.29. The molecule has 21 heavy (non-hydrogen) atoms. The fourth-order valence-corrected chi connectivity index (χ4v) is 4.37. The Labute approximate surface area is 127 Å². The zero-order valence-corrected chi connectivity index (χ0v) is 12.2. The van der Waals surface area contributed by atoms with E-state index in [0.717, 1.165) is 19.3 Å². The molecule has 1 aromatic carbocycles. The summed E-state index contributed by atoms with van der Waals surface area (Å²) in [6.45, 7) is 0. The van der Waals surface area contributed by atoms with Crippen molar-refractivity contribution in [1.82, 2.24) is 0 Å². The van der Waals surface area contributed by atoms with Crippen LogP contribution in [0.4, 0.5) is 5.69 Å². The maximum Gasteiger partial charge on any atom is 0.310 e. The van der Waals surface area contributed by atoms with Crippen molar-refractivity contribution in [2.45, 2.75) is 32.1 Å². The Morgan fingerprint density at radius 3 is 2.71 bits per heavy atom. The highest BCUT2D eigenvalue weighted by Gasteiger charge is 2.55. The van der Waals surface area contributed by atoms with Crippen LogP contribution < -0.4 is 0 Å². The fourth-order valence-electron chi connectivity index (χ4n) is 4.13. The lowest BCUT2D eigenvalue weighted by molar-refractivity contribution is -0.384. The number of halogens is 1. The lowest BCUT2D eigenvalue weighted by Gasteiger charge is -2.34. The van der Waals surface area contributed by atoms with Gasteiger partial charge in [-0.15, -0.1) is 0 Å². The summed E-state index contributed by atoms with van der Waals surface area (Å²) in [5.41, 5.74) is -0.124. The van der Waals surface area contributed by atoms with Gasteiger partial charge in [0, 0.05) is 12.1 Å². The number of nitrogens with zero attached hydrogens (tertiary/aromatic N) is 1. The third-order valence-corrected chi connectivity index (χ3v) is 5.51. The molecule has 2 fully saturated rings. The molecule has 0 saturated heterocycles. The largest absolute Gasteiger partial charge is 0.481 e. The Kier molecular flexibility index (Phi) is 3.40. The number of fused-ring (bicyclic) bond motifs is 2. The van der Waals surface area contributed by atoms with Crippen LogP contribution in [0.15, 0.2) is 18.2 Å². The molecule has 112 valence electrons. The van der Waals surface area contributed by atoms with Gasteiger partial charge < -0.3 is 5.11 Å². The van der Waals surface area contributed by atoms with Crippen LogP contribution in [0.5, 0.6) is 0 Å². The van der Waals surface area contributed by atoms with E-state index < -0.39 is 16.3 Å². The molecule has 0 radical (unpaired) electrons. The minimum Gasteiger partial charge on any atom is -0.481 e. The predicted molar refractivity (Wildman–Crippen MR) is 77.3 cm³/mol. The minimum atomic E-state index is -0.760. The van der Waals surface area contributed by atoms with Gasteiger partial charge in [0.25, 0.3) is 5.69 Å². The highest BCUT2D eigenvalue weighted by Crippen LogP contribution is 2.57. The summed E-state index contributed by atoms with van der Waals surface area (Å²) < 4.78 is 0. The van der Waals surface area contributed by atoms with Gasteiger partial charge in [0.2, 0.25) is 0 Å². The number of rotatable bonds is 4. The number of nitro benzene ring substituents is 1. The van der Waals surface area contributed by atoms with Gasteiger partial charge in [0.15, 0.2) is 0 Å². The molecule has 2 aliphatic carbocycles. The van der Waals surface area contributed by atoms with Crippen molar-refractivity contribution in [2.75, 3.05) is 0 Å². The lowest BCUT2D eigenvalue weighted by Crippen LogP contribution is -2.38. The maximum atomic E-state index is 11.9. The molecule has 0 heterocycles. The zero-order chi connectivity index (χ0) is 15.2. The first-order valence-corrected chi connectivity index (χ1v) is 7.46. The van der Waals surface area contributed by atoms with Crippen LogP contribution in [-0.2, 0) is 11.2 Å². The summed E-state index contributed by atoms with van der Waals surface area (Å²) in [7, 11) is 0. The quantitative estimate of drug-likeness (QED) is 0.679. The van der Waals surface area contributed by atoms with Crippen LogP contribution in [0.2, 0.25) is 5.02 Å². The summed E-state index contributed by atoms with van der Waals surface area (Å²) in [6.07, 6.45) is 4.12. The van der Waals surface area contributed by atoms with Crippen molar-refractivity contribution < 1.29 is 14.8 Å². The Balaban J connectivity index is 1.91. The molecule has 2 aliphatic rings. The van der Waals surface area contributed by atoms with E-state index in [-0.39, 0.29) is 16.6 Å². The molecule has 3 unspecified atom stereocenters. The zero-order valence-electron chi connectivity index (χ0n) is 11.4. The van der Waals surface area contributed by atoms with E-state index in [9.17, 15) is 20.0 Å². The summed E-state index contributed by atoms with van der Waals surface area (Å²) in [4.78, 5) is 22.1. The Hall–Kier alpha value is -1.62. The molecular weight excluding hydrogens is 294 g/mol. The SMILES string of the molecule is O=C(O)C1(Cc2ccc([N+](=O)[O-])cc2Cl)CC2CCC1C2. The van der Waals surface area contributed by atoms with Gasteiger partial charge in [-0.2, -0.15) is 0 Å². The third-order valence-electron chi connectivity index (χ3n) is 5.15. The number of benzene rings is 1. The second kappa shape index (κ2) is 4.98. The van der Waals surface area contributed by atoms with Gasteiger partial charge in [-0.25, -0.2) is 0 Å². The van der Waals surface area contributed by atoms with E-state index in [1.807, 2.05) is 0 Å². The van der Waals surface area contributed by atoms with Gasteiger partial charge in [0.05, 0.1) is 15.4 Å². The number of carbonyl (C=O) groups is 1. The highest BCUT2D eigenvalue weighted by atomic mass is 35.5. The van der Waals surface area contributed by atoms with E-state index in [1.165, 1.54) is 12.1 Å². The van der Waals surface area contributed by atoms with E-state index in [1.54, 1.807) is 6.07 Å². The van der Waals surface area contributed by atoms with Crippen molar-refractivity contribution in [3.63, 3.8) is 0 Å². The third kappa shape index (κ3) is 2.29. The summed E-state index contributed by atoms with van der Waals surface area (Å²) >= 11 is 6.12. The molecule has 0 aromatic heterocycles. The molecule has 0 aliphatic heterocycles. The first kappa shape index (κ1) is 14.3. The van der Waals surface area contributed by atoms with Gasteiger partial charge in [-0.05, 0) is 43.1 Å². The van der Waals surface area contributed by atoms with Crippen LogP contribution in [0.3, 0.4) is 0 Å². The number of nitro groups is 1. The minimum absolute atomic E-state index is 0.0685. The molecule has 3 atom stereocenters. The van der Waals surface area contributed by atoms with E-state index >= 15 is 0 Å². The smallest absolute Gasteiger partial charge is 0.310 e. The Morgan fingerprint density at radius 2 is 2.24 bits per heavy atom. The molecular formula is C15H16ClNO4. The number of hydrogen-bond donors (Lipinski definition) is 1. The molecule has 1 N–H and O–H groups in total. The molecule has 5 nitrogen and oxygen atoms in total. The van der Waals surface area contributed by atoms with Crippen molar-refractivity contribution in [3.8, 4) is 0 Å². The predicted octanol–water partition coefficient (Wildman–Crippen LogP) is 3.68. The van der Waals surface area contributed by atoms with Gasteiger partial charge in [-0.1, -0.05) is 24.1 Å². The van der Waals surface area contributed by atoms with Crippen molar-refractivity contribution in [2.24, 2.45) is 17.3 Å². The topological polar surface area (TPSA) is 80.4 Å². The van der Waals surface area contributed by atoms with Crippen LogP contribution >= 0.6 is 11.6 Å². The number of carboxylic acid groups (broad SMARTS) is 1. The summed E-state index contributed by atoms with van der Waals surface area (Å²) in [5.74, 6) is -0.0571.